The number of nitrogens with one attached hydrogen (secondary N) is 2. The summed E-state index contributed by atoms with van der Waals surface area (Å²) in [6, 6.07) is 8.00. The molecule has 1 saturated heterocycles. The fraction of sp³-hybridized carbons (Fsp3) is 0.579. The minimum atomic E-state index is -0.186. The molecular weight excluding hydrogens is 316 g/mol. The van der Waals surface area contributed by atoms with Gasteiger partial charge in [-0.2, -0.15) is 0 Å². The third-order valence-electron chi connectivity index (χ3n) is 5.02. The van der Waals surface area contributed by atoms with E-state index in [-0.39, 0.29) is 23.7 Å². The lowest BCUT2D eigenvalue weighted by molar-refractivity contribution is -0.125. The van der Waals surface area contributed by atoms with Gasteiger partial charge in [0.25, 0.3) is 0 Å². The van der Waals surface area contributed by atoms with E-state index in [2.05, 4.69) is 39.6 Å². The summed E-state index contributed by atoms with van der Waals surface area (Å²) < 4.78 is 0. The third kappa shape index (κ3) is 4.51. The van der Waals surface area contributed by atoms with Gasteiger partial charge in [0.2, 0.25) is 11.8 Å². The predicted octanol–water partition coefficient (Wildman–Crippen LogP) is 1.54. The number of hydrogen-bond acceptors (Lipinski definition) is 4. The van der Waals surface area contributed by atoms with Crippen molar-refractivity contribution in [3.63, 3.8) is 0 Å². The maximum atomic E-state index is 12.3. The Hall–Kier alpha value is -2.08. The first-order chi connectivity index (χ1) is 12.1. The van der Waals surface area contributed by atoms with Crippen LogP contribution in [-0.2, 0) is 9.59 Å². The number of nitrogens with zero attached hydrogens (tertiary/aromatic N) is 2. The summed E-state index contributed by atoms with van der Waals surface area (Å²) in [6.45, 7) is 6.89. The van der Waals surface area contributed by atoms with Gasteiger partial charge >= 0.3 is 0 Å². The van der Waals surface area contributed by atoms with Gasteiger partial charge in [-0.1, -0.05) is 6.92 Å². The molecule has 6 nitrogen and oxygen atoms in total. The van der Waals surface area contributed by atoms with Gasteiger partial charge in [0.1, 0.15) is 0 Å². The van der Waals surface area contributed by atoms with E-state index in [4.69, 9.17) is 0 Å². The Labute approximate surface area is 149 Å². The lowest BCUT2D eigenvalue weighted by Gasteiger charge is -2.34. The molecule has 2 aliphatic rings. The summed E-state index contributed by atoms with van der Waals surface area (Å²) in [5.74, 6) is -0.387. The lowest BCUT2D eigenvalue weighted by atomic mass is 10.2. The van der Waals surface area contributed by atoms with Crippen LogP contribution >= 0.6 is 0 Å². The smallest absolute Gasteiger partial charge is 0.228 e. The molecule has 1 aliphatic carbocycles. The Morgan fingerprint density at radius 2 is 1.68 bits per heavy atom. The zero-order chi connectivity index (χ0) is 17.8. The molecule has 1 aromatic rings. The lowest BCUT2D eigenvalue weighted by Crippen LogP contribution is -2.44. The van der Waals surface area contributed by atoms with Gasteiger partial charge in [-0.05, 0) is 44.2 Å². The van der Waals surface area contributed by atoms with Gasteiger partial charge in [0, 0.05) is 44.1 Å². The number of rotatable bonds is 6. The highest BCUT2D eigenvalue weighted by Crippen LogP contribution is 2.39. The van der Waals surface area contributed by atoms with Crippen LogP contribution in [0.4, 0.5) is 11.4 Å². The fourth-order valence-electron chi connectivity index (χ4n) is 3.21. The first-order valence-corrected chi connectivity index (χ1v) is 9.20. The number of likely N-dealkylation sites (N-methyl/N-ethyl adjacent to an activating group) is 1. The molecule has 0 radical (unpaired) electrons. The summed E-state index contributed by atoms with van der Waals surface area (Å²) in [6.07, 6.45) is 1.57. The van der Waals surface area contributed by atoms with Gasteiger partial charge in [0.15, 0.2) is 0 Å². The van der Waals surface area contributed by atoms with E-state index in [1.165, 1.54) is 5.69 Å². The second-order valence-electron chi connectivity index (χ2n) is 7.07. The third-order valence-corrected chi connectivity index (χ3v) is 5.02. The predicted molar refractivity (Wildman–Crippen MR) is 99.7 cm³/mol. The molecule has 2 fully saturated rings. The van der Waals surface area contributed by atoms with Crippen LogP contribution < -0.4 is 15.5 Å². The normalized spacial score (nSPS) is 23.2. The van der Waals surface area contributed by atoms with Crippen molar-refractivity contribution < 1.29 is 9.59 Å². The molecule has 1 aliphatic heterocycles. The summed E-state index contributed by atoms with van der Waals surface area (Å²) in [5.41, 5.74) is 1.98. The second kappa shape index (κ2) is 7.87. The van der Waals surface area contributed by atoms with Crippen molar-refractivity contribution in [2.24, 2.45) is 11.8 Å². The maximum Gasteiger partial charge on any atom is 0.228 e. The summed E-state index contributed by atoms with van der Waals surface area (Å²) in [4.78, 5) is 28.8. The molecule has 1 heterocycles. The fourth-order valence-corrected chi connectivity index (χ4v) is 3.21. The van der Waals surface area contributed by atoms with Gasteiger partial charge in [0.05, 0.1) is 11.8 Å². The Balaban J connectivity index is 1.49. The largest absolute Gasteiger partial charge is 0.369 e. The van der Waals surface area contributed by atoms with E-state index in [9.17, 15) is 9.59 Å². The number of piperazine rings is 1. The zero-order valence-corrected chi connectivity index (χ0v) is 15.1. The molecule has 2 unspecified atom stereocenters. The van der Waals surface area contributed by atoms with Crippen molar-refractivity contribution in [2.75, 3.05) is 50.0 Å². The van der Waals surface area contributed by atoms with E-state index >= 15 is 0 Å². The Morgan fingerprint density at radius 1 is 1.04 bits per heavy atom. The number of hydrogen-bond donors (Lipinski definition) is 2. The van der Waals surface area contributed by atoms with Crippen molar-refractivity contribution in [1.29, 1.82) is 0 Å². The molecule has 0 spiro atoms. The summed E-state index contributed by atoms with van der Waals surface area (Å²) in [7, 11) is 2.14. The Bertz CT molecular complexity index is 608. The zero-order valence-electron chi connectivity index (χ0n) is 15.1. The van der Waals surface area contributed by atoms with Gasteiger partial charge in [-0.25, -0.2) is 0 Å². The quantitative estimate of drug-likeness (QED) is 0.822. The first-order valence-electron chi connectivity index (χ1n) is 9.20. The number of benzene rings is 1. The number of anilines is 2. The minimum absolute atomic E-state index is 0.00687. The van der Waals surface area contributed by atoms with Crippen LogP contribution in [0.25, 0.3) is 0 Å². The molecule has 2 amide bonds. The van der Waals surface area contributed by atoms with Crippen LogP contribution in [0.15, 0.2) is 24.3 Å². The molecule has 6 heteroatoms. The second-order valence-corrected chi connectivity index (χ2v) is 7.07. The standard InChI is InChI=1S/C19H28N4O2/c1-3-8-20-18(24)16-13-17(16)19(25)21-14-4-6-15(7-5-14)23-11-9-22(2)10-12-23/h4-7,16-17H,3,8-13H2,1-2H3,(H,20,24)(H,21,25). The van der Waals surface area contributed by atoms with Crippen LogP contribution in [-0.4, -0.2) is 56.5 Å². The van der Waals surface area contributed by atoms with Crippen LogP contribution in [0.2, 0.25) is 0 Å². The van der Waals surface area contributed by atoms with E-state index in [1.54, 1.807) is 0 Å². The van der Waals surface area contributed by atoms with E-state index in [0.29, 0.717) is 13.0 Å². The topological polar surface area (TPSA) is 64.7 Å². The van der Waals surface area contributed by atoms with Gasteiger partial charge in [-0.15, -0.1) is 0 Å². The highest BCUT2D eigenvalue weighted by molar-refractivity contribution is 5.99. The summed E-state index contributed by atoms with van der Waals surface area (Å²) in [5, 5.41) is 5.80. The van der Waals surface area contributed by atoms with Crippen LogP contribution in [0.3, 0.4) is 0 Å². The molecule has 0 aromatic heterocycles. The molecule has 1 saturated carbocycles. The van der Waals surface area contributed by atoms with E-state index < -0.39 is 0 Å². The average molecular weight is 344 g/mol. The molecule has 2 N–H and O–H groups in total. The van der Waals surface area contributed by atoms with Gasteiger partial charge < -0.3 is 20.4 Å². The van der Waals surface area contributed by atoms with Crippen molar-refractivity contribution in [1.82, 2.24) is 10.2 Å². The number of amides is 2. The highest BCUT2D eigenvalue weighted by atomic mass is 16.2. The van der Waals surface area contributed by atoms with Crippen LogP contribution in [0, 0.1) is 11.8 Å². The molecule has 25 heavy (non-hydrogen) atoms. The van der Waals surface area contributed by atoms with Crippen molar-refractivity contribution in [3.8, 4) is 0 Å². The molecule has 3 rings (SSSR count). The van der Waals surface area contributed by atoms with E-state index in [0.717, 1.165) is 38.3 Å². The van der Waals surface area contributed by atoms with Crippen LogP contribution in [0.1, 0.15) is 19.8 Å². The maximum absolute atomic E-state index is 12.3. The highest BCUT2D eigenvalue weighted by Gasteiger charge is 2.47. The van der Waals surface area contributed by atoms with Gasteiger partial charge in [-0.3, -0.25) is 9.59 Å². The van der Waals surface area contributed by atoms with Crippen LogP contribution in [0.5, 0.6) is 0 Å². The number of carbonyl (C=O) groups excluding carboxylic acids is 2. The minimum Gasteiger partial charge on any atom is -0.369 e. The van der Waals surface area contributed by atoms with Crippen molar-refractivity contribution in [3.05, 3.63) is 24.3 Å². The molecule has 2 atom stereocenters. The van der Waals surface area contributed by atoms with Crippen molar-refractivity contribution >= 4 is 23.2 Å². The SMILES string of the molecule is CCCNC(=O)C1CC1C(=O)Nc1ccc(N2CCN(C)CC2)cc1. The number of carbonyl (C=O) groups is 2. The Kier molecular flexibility index (Phi) is 5.58. The molecular formula is C19H28N4O2. The molecule has 1 aromatic carbocycles. The van der Waals surface area contributed by atoms with E-state index in [1.807, 2.05) is 19.1 Å². The molecule has 136 valence electrons. The average Bonchev–Trinajstić information content (AvgIpc) is 3.42. The van der Waals surface area contributed by atoms with Crippen molar-refractivity contribution in [2.45, 2.75) is 19.8 Å². The monoisotopic (exact) mass is 344 g/mol. The Morgan fingerprint density at radius 3 is 2.32 bits per heavy atom. The summed E-state index contributed by atoms with van der Waals surface area (Å²) >= 11 is 0. The molecule has 0 bridgehead atoms. The first kappa shape index (κ1) is 17.7.